The van der Waals surface area contributed by atoms with Gasteiger partial charge in [0.15, 0.2) is 0 Å². The van der Waals surface area contributed by atoms with Crippen LogP contribution in [-0.4, -0.2) is 47.3 Å². The van der Waals surface area contributed by atoms with Crippen LogP contribution in [0.25, 0.3) is 0 Å². The van der Waals surface area contributed by atoms with Gasteiger partial charge in [-0.1, -0.05) is 0 Å². The highest BCUT2D eigenvalue weighted by molar-refractivity contribution is 7.80. The highest BCUT2D eigenvalue weighted by Crippen LogP contribution is 2.02. The van der Waals surface area contributed by atoms with E-state index in [0.717, 1.165) is 0 Å². The standard InChI is InChI=1S/C4H7NO8S/c5-1(3(6)7)2(4(8)9)13-14(10,11)12/h1-2H,5H2,(H,6,7)(H,8,9)(H,10,11,12)/t1-,2-/m0/s1. The Kier molecular flexibility index (Phi) is 3.94. The van der Waals surface area contributed by atoms with Crippen LogP contribution in [0.15, 0.2) is 0 Å². The zero-order valence-electron chi connectivity index (χ0n) is 6.52. The van der Waals surface area contributed by atoms with Crippen LogP contribution in [0.4, 0.5) is 0 Å². The molecule has 9 nitrogen and oxygen atoms in total. The fraction of sp³-hybridized carbons (Fsp3) is 0.500. The van der Waals surface area contributed by atoms with E-state index in [9.17, 15) is 18.0 Å². The quantitative estimate of drug-likeness (QED) is 0.378. The summed E-state index contributed by atoms with van der Waals surface area (Å²) in [6.45, 7) is 0. The summed E-state index contributed by atoms with van der Waals surface area (Å²) in [5.74, 6) is -3.70. The SMILES string of the molecule is N[C@H](C(=O)O)[C@H](OS(=O)(=O)O)C(=O)O. The maximum absolute atomic E-state index is 10.3. The summed E-state index contributed by atoms with van der Waals surface area (Å²) in [5, 5.41) is 16.6. The van der Waals surface area contributed by atoms with Crippen molar-refractivity contribution in [2.75, 3.05) is 0 Å². The minimum Gasteiger partial charge on any atom is -0.480 e. The van der Waals surface area contributed by atoms with Crippen LogP contribution in [0, 0.1) is 0 Å². The molecule has 0 amide bonds. The van der Waals surface area contributed by atoms with E-state index in [2.05, 4.69) is 4.18 Å². The number of hydrogen-bond acceptors (Lipinski definition) is 6. The average Bonchev–Trinajstić information content (AvgIpc) is 1.96. The van der Waals surface area contributed by atoms with Crippen molar-refractivity contribution < 1.29 is 37.0 Å². The summed E-state index contributed by atoms with van der Waals surface area (Å²) >= 11 is 0. The first-order chi connectivity index (χ1) is 6.15. The molecule has 0 radical (unpaired) electrons. The van der Waals surface area contributed by atoms with E-state index < -0.39 is 34.5 Å². The van der Waals surface area contributed by atoms with Crippen molar-refractivity contribution in [2.45, 2.75) is 12.1 Å². The Hall–Kier alpha value is -1.23. The van der Waals surface area contributed by atoms with E-state index in [1.54, 1.807) is 0 Å². The third-order valence-corrected chi connectivity index (χ3v) is 1.53. The normalized spacial score (nSPS) is 15.9. The van der Waals surface area contributed by atoms with Crippen molar-refractivity contribution in [3.63, 3.8) is 0 Å². The van der Waals surface area contributed by atoms with Gasteiger partial charge in [-0.3, -0.25) is 9.35 Å². The molecule has 2 atom stereocenters. The lowest BCUT2D eigenvalue weighted by Gasteiger charge is -2.14. The second-order valence-electron chi connectivity index (χ2n) is 2.15. The van der Waals surface area contributed by atoms with Crippen molar-refractivity contribution >= 4 is 22.3 Å². The molecular weight excluding hydrogens is 222 g/mol. The molecule has 0 rings (SSSR count). The van der Waals surface area contributed by atoms with E-state index in [1.807, 2.05) is 0 Å². The molecule has 0 aliphatic carbocycles. The van der Waals surface area contributed by atoms with Gasteiger partial charge in [0.05, 0.1) is 0 Å². The maximum Gasteiger partial charge on any atom is 0.398 e. The molecule has 10 heteroatoms. The van der Waals surface area contributed by atoms with E-state index in [0.29, 0.717) is 0 Å². The van der Waals surface area contributed by atoms with E-state index in [-0.39, 0.29) is 0 Å². The Morgan fingerprint density at radius 2 is 1.64 bits per heavy atom. The zero-order chi connectivity index (χ0) is 11.5. The summed E-state index contributed by atoms with van der Waals surface area (Å²) in [5.41, 5.74) is 4.79. The van der Waals surface area contributed by atoms with Gasteiger partial charge in [0, 0.05) is 0 Å². The zero-order valence-corrected chi connectivity index (χ0v) is 7.34. The topological polar surface area (TPSA) is 164 Å². The molecule has 5 N–H and O–H groups in total. The van der Waals surface area contributed by atoms with Gasteiger partial charge in [-0.2, -0.15) is 8.42 Å². The van der Waals surface area contributed by atoms with Crippen LogP contribution in [0.5, 0.6) is 0 Å². The molecule has 0 heterocycles. The molecule has 0 bridgehead atoms. The lowest BCUT2D eigenvalue weighted by molar-refractivity contribution is -0.153. The fourth-order valence-electron chi connectivity index (χ4n) is 0.515. The maximum atomic E-state index is 10.3. The van der Waals surface area contributed by atoms with Crippen molar-refractivity contribution in [3.8, 4) is 0 Å². The molecule has 0 aliphatic heterocycles. The van der Waals surface area contributed by atoms with Gasteiger partial charge < -0.3 is 15.9 Å². The number of rotatable bonds is 5. The monoisotopic (exact) mass is 229 g/mol. The Labute approximate surface area is 78.0 Å². The van der Waals surface area contributed by atoms with Gasteiger partial charge in [0.1, 0.15) is 6.04 Å². The van der Waals surface area contributed by atoms with Gasteiger partial charge >= 0.3 is 22.3 Å². The number of nitrogens with two attached hydrogens (primary N) is 1. The van der Waals surface area contributed by atoms with Crippen molar-refractivity contribution in [2.24, 2.45) is 5.73 Å². The predicted molar refractivity (Wildman–Crippen MR) is 39.7 cm³/mol. The lowest BCUT2D eigenvalue weighted by atomic mass is 10.2. The number of carboxylic acids is 2. The van der Waals surface area contributed by atoms with Crippen molar-refractivity contribution in [1.29, 1.82) is 0 Å². The number of aliphatic carboxylic acids is 2. The smallest absolute Gasteiger partial charge is 0.398 e. The summed E-state index contributed by atoms with van der Waals surface area (Å²) in [6, 6.07) is -2.10. The first-order valence-electron chi connectivity index (χ1n) is 3.02. The Morgan fingerprint density at radius 1 is 1.21 bits per heavy atom. The number of carboxylic acid groups (broad SMARTS) is 2. The largest absolute Gasteiger partial charge is 0.480 e. The summed E-state index contributed by atoms with van der Waals surface area (Å²) in [6.07, 6.45) is -2.37. The number of hydrogen-bond donors (Lipinski definition) is 4. The van der Waals surface area contributed by atoms with Gasteiger partial charge in [-0.05, 0) is 0 Å². The molecule has 0 unspecified atom stereocenters. The highest BCUT2D eigenvalue weighted by Gasteiger charge is 2.35. The summed E-state index contributed by atoms with van der Waals surface area (Å²) in [4.78, 5) is 20.5. The molecular formula is C4H7NO8S. The third kappa shape index (κ3) is 4.13. The molecule has 0 aromatic heterocycles. The van der Waals surface area contributed by atoms with E-state index >= 15 is 0 Å². The molecule has 0 saturated heterocycles. The van der Waals surface area contributed by atoms with Gasteiger partial charge in [0.25, 0.3) is 0 Å². The first-order valence-corrected chi connectivity index (χ1v) is 4.38. The number of carbonyl (C=O) groups is 2. The van der Waals surface area contributed by atoms with Crippen LogP contribution in [0.3, 0.4) is 0 Å². The van der Waals surface area contributed by atoms with Gasteiger partial charge in [-0.25, -0.2) is 8.98 Å². The third-order valence-electron chi connectivity index (χ3n) is 1.08. The van der Waals surface area contributed by atoms with Gasteiger partial charge in [0.2, 0.25) is 6.10 Å². The molecule has 0 spiro atoms. The Morgan fingerprint density at radius 3 is 1.86 bits per heavy atom. The average molecular weight is 229 g/mol. The molecule has 0 fully saturated rings. The van der Waals surface area contributed by atoms with Crippen molar-refractivity contribution in [1.82, 2.24) is 0 Å². The molecule has 0 aliphatic rings. The van der Waals surface area contributed by atoms with Crippen LogP contribution in [0.2, 0.25) is 0 Å². The van der Waals surface area contributed by atoms with Crippen LogP contribution in [-0.2, 0) is 24.2 Å². The minimum atomic E-state index is -5.07. The van der Waals surface area contributed by atoms with Crippen LogP contribution >= 0.6 is 0 Å². The van der Waals surface area contributed by atoms with Crippen molar-refractivity contribution in [3.05, 3.63) is 0 Å². The molecule has 0 aromatic rings. The van der Waals surface area contributed by atoms with Gasteiger partial charge in [-0.15, -0.1) is 0 Å². The molecule has 0 saturated carbocycles. The molecule has 0 aromatic carbocycles. The molecule has 14 heavy (non-hydrogen) atoms. The predicted octanol–water partition coefficient (Wildman–Crippen LogP) is -2.33. The summed E-state index contributed by atoms with van der Waals surface area (Å²) in [7, 11) is -5.07. The molecule has 82 valence electrons. The second kappa shape index (κ2) is 4.32. The second-order valence-corrected chi connectivity index (χ2v) is 3.19. The highest BCUT2D eigenvalue weighted by atomic mass is 32.3. The lowest BCUT2D eigenvalue weighted by Crippen LogP contribution is -2.48. The Balaban J connectivity index is 4.79. The fourth-order valence-corrected chi connectivity index (χ4v) is 0.979. The van der Waals surface area contributed by atoms with Crippen LogP contribution < -0.4 is 5.73 Å². The summed E-state index contributed by atoms with van der Waals surface area (Å²) < 4.78 is 31.8. The van der Waals surface area contributed by atoms with Crippen LogP contribution in [0.1, 0.15) is 0 Å². The minimum absolute atomic E-state index is 1.78. The Bertz CT molecular complexity index is 333. The van der Waals surface area contributed by atoms with E-state index in [4.69, 9.17) is 20.5 Å². The first kappa shape index (κ1) is 12.8. The van der Waals surface area contributed by atoms with E-state index in [1.165, 1.54) is 0 Å².